The molecule has 1 heterocycles. The highest BCUT2D eigenvalue weighted by atomic mass is 79.9. The van der Waals surface area contributed by atoms with Crippen LogP contribution in [0.5, 0.6) is 0 Å². The molecule has 0 aliphatic carbocycles. The van der Waals surface area contributed by atoms with Crippen LogP contribution in [0.15, 0.2) is 24.3 Å². The Balaban J connectivity index is 1.92. The first-order valence-corrected chi connectivity index (χ1v) is 5.46. The molecule has 1 fully saturated rings. The van der Waals surface area contributed by atoms with Crippen molar-refractivity contribution < 1.29 is 4.39 Å². The van der Waals surface area contributed by atoms with Gasteiger partial charge in [-0.1, -0.05) is 28.1 Å². The molecule has 0 saturated carbocycles. The topological polar surface area (TPSA) is 3.01 Å². The van der Waals surface area contributed by atoms with Gasteiger partial charge in [0, 0.05) is 24.5 Å². The number of alkyl halides is 1. The SMILES string of the molecule is Fc1ccc(CN2CC2CBr)cc1. The maximum absolute atomic E-state index is 12.6. The molecule has 13 heavy (non-hydrogen) atoms. The summed E-state index contributed by atoms with van der Waals surface area (Å²) in [7, 11) is 0. The standard InChI is InChI=1S/C10H11BrFN/c11-5-10-7-13(10)6-8-1-3-9(12)4-2-8/h1-4,10H,5-7H2. The number of rotatable bonds is 3. The van der Waals surface area contributed by atoms with Crippen molar-refractivity contribution in [1.29, 1.82) is 0 Å². The van der Waals surface area contributed by atoms with Crippen LogP contribution >= 0.6 is 15.9 Å². The van der Waals surface area contributed by atoms with Crippen molar-refractivity contribution in [3.8, 4) is 0 Å². The maximum atomic E-state index is 12.6. The average Bonchev–Trinajstić information content (AvgIpc) is 2.88. The Hall–Kier alpha value is -0.410. The Morgan fingerprint density at radius 3 is 2.62 bits per heavy atom. The Kier molecular flexibility index (Phi) is 2.65. The van der Waals surface area contributed by atoms with Crippen molar-refractivity contribution in [3.05, 3.63) is 35.6 Å². The molecule has 1 aliphatic heterocycles. The van der Waals surface area contributed by atoms with Crippen LogP contribution in [0, 0.1) is 5.82 Å². The van der Waals surface area contributed by atoms with Crippen molar-refractivity contribution in [2.75, 3.05) is 11.9 Å². The van der Waals surface area contributed by atoms with E-state index in [2.05, 4.69) is 20.8 Å². The van der Waals surface area contributed by atoms with E-state index < -0.39 is 0 Å². The van der Waals surface area contributed by atoms with Crippen molar-refractivity contribution in [2.24, 2.45) is 0 Å². The summed E-state index contributed by atoms with van der Waals surface area (Å²) in [6.07, 6.45) is 0. The lowest BCUT2D eigenvalue weighted by Gasteiger charge is -2.02. The average molecular weight is 244 g/mol. The first-order valence-electron chi connectivity index (χ1n) is 4.34. The summed E-state index contributed by atoms with van der Waals surface area (Å²) in [5.74, 6) is -0.161. The van der Waals surface area contributed by atoms with Gasteiger partial charge in [-0.25, -0.2) is 4.39 Å². The van der Waals surface area contributed by atoms with Crippen LogP contribution < -0.4 is 0 Å². The lowest BCUT2D eigenvalue weighted by Crippen LogP contribution is -2.02. The zero-order chi connectivity index (χ0) is 9.26. The smallest absolute Gasteiger partial charge is 0.123 e. The van der Waals surface area contributed by atoms with Crippen LogP contribution in [0.2, 0.25) is 0 Å². The largest absolute Gasteiger partial charge is 0.292 e. The highest BCUT2D eigenvalue weighted by Gasteiger charge is 2.31. The van der Waals surface area contributed by atoms with E-state index in [9.17, 15) is 4.39 Å². The molecule has 1 saturated heterocycles. The Bertz CT molecular complexity index is 285. The second kappa shape index (κ2) is 3.76. The lowest BCUT2D eigenvalue weighted by atomic mass is 10.2. The van der Waals surface area contributed by atoms with E-state index in [0.717, 1.165) is 18.4 Å². The second-order valence-electron chi connectivity index (χ2n) is 3.36. The van der Waals surface area contributed by atoms with Crippen LogP contribution in [0.25, 0.3) is 0 Å². The zero-order valence-electron chi connectivity index (χ0n) is 7.21. The van der Waals surface area contributed by atoms with Crippen LogP contribution in [0.1, 0.15) is 5.56 Å². The number of halogens is 2. The van der Waals surface area contributed by atoms with E-state index in [1.807, 2.05) is 12.1 Å². The first kappa shape index (κ1) is 9.16. The fourth-order valence-corrected chi connectivity index (χ4v) is 2.00. The van der Waals surface area contributed by atoms with E-state index in [-0.39, 0.29) is 5.82 Å². The monoisotopic (exact) mass is 243 g/mol. The molecule has 1 aromatic carbocycles. The van der Waals surface area contributed by atoms with Crippen molar-refractivity contribution >= 4 is 15.9 Å². The molecule has 0 N–H and O–H groups in total. The zero-order valence-corrected chi connectivity index (χ0v) is 8.80. The molecule has 0 bridgehead atoms. The Morgan fingerprint density at radius 2 is 2.08 bits per heavy atom. The van der Waals surface area contributed by atoms with E-state index in [1.165, 1.54) is 17.7 Å². The summed E-state index contributed by atoms with van der Waals surface area (Å²) in [5, 5.41) is 1.04. The van der Waals surface area contributed by atoms with Crippen molar-refractivity contribution in [2.45, 2.75) is 12.6 Å². The van der Waals surface area contributed by atoms with Gasteiger partial charge in [-0.05, 0) is 17.7 Å². The van der Waals surface area contributed by atoms with Crippen LogP contribution in [0.3, 0.4) is 0 Å². The van der Waals surface area contributed by atoms with Gasteiger partial charge in [0.15, 0.2) is 0 Å². The molecule has 2 unspecified atom stereocenters. The van der Waals surface area contributed by atoms with Gasteiger partial charge in [-0.3, -0.25) is 4.90 Å². The van der Waals surface area contributed by atoms with Crippen LogP contribution in [-0.4, -0.2) is 22.8 Å². The van der Waals surface area contributed by atoms with Crippen LogP contribution in [0.4, 0.5) is 4.39 Å². The summed E-state index contributed by atoms with van der Waals surface area (Å²) in [4.78, 5) is 2.35. The van der Waals surface area contributed by atoms with E-state index >= 15 is 0 Å². The minimum absolute atomic E-state index is 0.161. The fourth-order valence-electron chi connectivity index (χ4n) is 1.39. The van der Waals surface area contributed by atoms with Crippen molar-refractivity contribution in [3.63, 3.8) is 0 Å². The van der Waals surface area contributed by atoms with Gasteiger partial charge in [0.25, 0.3) is 0 Å². The number of hydrogen-bond acceptors (Lipinski definition) is 1. The Morgan fingerprint density at radius 1 is 1.38 bits per heavy atom. The minimum atomic E-state index is -0.161. The van der Waals surface area contributed by atoms with Gasteiger partial charge in [0.05, 0.1) is 0 Å². The predicted octanol–water partition coefficient (Wildman–Crippen LogP) is 2.40. The van der Waals surface area contributed by atoms with Gasteiger partial charge in [0.2, 0.25) is 0 Å². The van der Waals surface area contributed by atoms with Gasteiger partial charge in [0.1, 0.15) is 5.82 Å². The summed E-state index contributed by atoms with van der Waals surface area (Å²) < 4.78 is 12.6. The summed E-state index contributed by atoms with van der Waals surface area (Å²) in [6, 6.07) is 7.41. The van der Waals surface area contributed by atoms with E-state index in [1.54, 1.807) is 0 Å². The molecule has 1 aromatic rings. The third-order valence-electron chi connectivity index (χ3n) is 2.31. The molecule has 1 aliphatic rings. The predicted molar refractivity (Wildman–Crippen MR) is 54.4 cm³/mol. The Labute approximate surface area is 85.7 Å². The third-order valence-corrected chi connectivity index (χ3v) is 3.05. The fraction of sp³-hybridized carbons (Fsp3) is 0.400. The number of hydrogen-bond donors (Lipinski definition) is 0. The highest BCUT2D eigenvalue weighted by molar-refractivity contribution is 9.09. The second-order valence-corrected chi connectivity index (χ2v) is 4.01. The molecular formula is C10H11BrFN. The molecule has 0 amide bonds. The molecule has 3 heteroatoms. The number of nitrogens with zero attached hydrogens (tertiary/aromatic N) is 1. The van der Waals surface area contributed by atoms with Crippen LogP contribution in [-0.2, 0) is 6.54 Å². The first-order chi connectivity index (χ1) is 6.29. The summed E-state index contributed by atoms with van der Waals surface area (Å²) >= 11 is 3.44. The minimum Gasteiger partial charge on any atom is -0.292 e. The normalized spacial score (nSPS) is 26.0. The third kappa shape index (κ3) is 2.29. The number of benzene rings is 1. The quantitative estimate of drug-likeness (QED) is 0.582. The lowest BCUT2D eigenvalue weighted by molar-refractivity contribution is 0.517. The molecule has 2 atom stereocenters. The molecule has 0 radical (unpaired) electrons. The molecule has 0 spiro atoms. The van der Waals surface area contributed by atoms with Gasteiger partial charge in [-0.15, -0.1) is 0 Å². The molecule has 2 rings (SSSR count). The van der Waals surface area contributed by atoms with E-state index in [0.29, 0.717) is 6.04 Å². The van der Waals surface area contributed by atoms with Crippen molar-refractivity contribution in [1.82, 2.24) is 4.90 Å². The molecule has 70 valence electrons. The maximum Gasteiger partial charge on any atom is 0.123 e. The molecular weight excluding hydrogens is 233 g/mol. The summed E-state index contributed by atoms with van der Waals surface area (Å²) in [5.41, 5.74) is 1.19. The van der Waals surface area contributed by atoms with E-state index in [4.69, 9.17) is 0 Å². The van der Waals surface area contributed by atoms with Gasteiger partial charge >= 0.3 is 0 Å². The highest BCUT2D eigenvalue weighted by Crippen LogP contribution is 2.22. The summed E-state index contributed by atoms with van der Waals surface area (Å²) in [6.45, 7) is 2.10. The van der Waals surface area contributed by atoms with Gasteiger partial charge < -0.3 is 0 Å². The molecule has 1 nitrogen and oxygen atoms in total. The van der Waals surface area contributed by atoms with Gasteiger partial charge in [-0.2, -0.15) is 0 Å². The molecule has 0 aromatic heterocycles.